The van der Waals surface area contributed by atoms with Crippen molar-refractivity contribution in [3.63, 3.8) is 0 Å². The largest absolute Gasteiger partial charge is 0.368 e. The van der Waals surface area contributed by atoms with Gasteiger partial charge in [0.05, 0.1) is 0 Å². The molecule has 0 radical (unpaired) electrons. The number of aryl methyl sites for hydroxylation is 1. The lowest BCUT2D eigenvalue weighted by molar-refractivity contribution is 0.857. The minimum atomic E-state index is 0.206. The first kappa shape index (κ1) is 14.3. The zero-order valence-electron chi connectivity index (χ0n) is 12.5. The van der Waals surface area contributed by atoms with E-state index in [4.69, 9.17) is 0 Å². The average Bonchev–Trinajstić information content (AvgIpc) is 2.38. The van der Waals surface area contributed by atoms with Crippen molar-refractivity contribution in [1.29, 1.82) is 0 Å². The van der Waals surface area contributed by atoms with Gasteiger partial charge in [0.25, 0.3) is 0 Å². The quantitative estimate of drug-likeness (QED) is 0.868. The minimum absolute atomic E-state index is 0.206. The Morgan fingerprint density at radius 1 is 0.900 bits per heavy atom. The first-order chi connectivity index (χ1) is 9.54. The summed E-state index contributed by atoms with van der Waals surface area (Å²) >= 11 is 0. The van der Waals surface area contributed by atoms with Crippen LogP contribution in [0.2, 0.25) is 0 Å². The smallest absolute Gasteiger partial charge is 0.132 e. The standard InChI is InChI=1S/C16H22N4/c1-11(2)17-15-10-16(20-13(4)19-15)18-12(3)14-8-6-5-7-9-14/h5-12H,1-4H3,(H2,17,18,19,20). The highest BCUT2D eigenvalue weighted by Crippen LogP contribution is 2.19. The molecule has 2 rings (SSSR count). The van der Waals surface area contributed by atoms with Crippen molar-refractivity contribution < 1.29 is 0 Å². The predicted molar refractivity (Wildman–Crippen MR) is 84.0 cm³/mol. The van der Waals surface area contributed by atoms with Gasteiger partial charge in [-0.05, 0) is 33.3 Å². The fraction of sp³-hybridized carbons (Fsp3) is 0.375. The summed E-state index contributed by atoms with van der Waals surface area (Å²) in [5, 5.41) is 6.73. The average molecular weight is 270 g/mol. The number of anilines is 2. The molecule has 4 nitrogen and oxygen atoms in total. The molecule has 0 bridgehead atoms. The number of rotatable bonds is 5. The van der Waals surface area contributed by atoms with Crippen molar-refractivity contribution in [2.75, 3.05) is 10.6 Å². The number of nitrogens with one attached hydrogen (secondary N) is 2. The van der Waals surface area contributed by atoms with Gasteiger partial charge in [0.2, 0.25) is 0 Å². The molecule has 0 fully saturated rings. The molecule has 0 saturated heterocycles. The fourth-order valence-corrected chi connectivity index (χ4v) is 2.06. The Labute approximate surface area is 120 Å². The van der Waals surface area contributed by atoms with Crippen LogP contribution in [0, 0.1) is 6.92 Å². The molecule has 1 heterocycles. The van der Waals surface area contributed by atoms with Gasteiger partial charge in [0.15, 0.2) is 0 Å². The van der Waals surface area contributed by atoms with Crippen LogP contribution in [0.15, 0.2) is 36.4 Å². The third-order valence-electron chi connectivity index (χ3n) is 2.94. The second kappa shape index (κ2) is 6.37. The molecule has 0 aliphatic carbocycles. The fourth-order valence-electron chi connectivity index (χ4n) is 2.06. The van der Waals surface area contributed by atoms with E-state index in [1.807, 2.05) is 31.2 Å². The zero-order valence-corrected chi connectivity index (χ0v) is 12.5. The summed E-state index contributed by atoms with van der Waals surface area (Å²) in [6, 6.07) is 12.8. The first-order valence-corrected chi connectivity index (χ1v) is 6.98. The molecule has 1 unspecified atom stereocenters. The minimum Gasteiger partial charge on any atom is -0.368 e. The number of benzene rings is 1. The Kier molecular flexibility index (Phi) is 4.56. The van der Waals surface area contributed by atoms with Gasteiger partial charge in [-0.3, -0.25) is 0 Å². The Bertz CT molecular complexity index is 552. The molecule has 1 aromatic heterocycles. The Balaban J connectivity index is 2.14. The zero-order chi connectivity index (χ0) is 14.5. The summed E-state index contributed by atoms with van der Waals surface area (Å²) in [7, 11) is 0. The van der Waals surface area contributed by atoms with E-state index >= 15 is 0 Å². The van der Waals surface area contributed by atoms with Crippen LogP contribution in [0.3, 0.4) is 0 Å². The molecule has 2 N–H and O–H groups in total. The summed E-state index contributed by atoms with van der Waals surface area (Å²) in [6.45, 7) is 8.22. The van der Waals surface area contributed by atoms with Crippen LogP contribution in [-0.4, -0.2) is 16.0 Å². The summed E-state index contributed by atoms with van der Waals surface area (Å²) in [5.74, 6) is 2.46. The summed E-state index contributed by atoms with van der Waals surface area (Å²) in [5.41, 5.74) is 1.24. The molecule has 0 saturated carbocycles. The molecule has 1 atom stereocenters. The molecule has 0 aliphatic rings. The lowest BCUT2D eigenvalue weighted by Crippen LogP contribution is -2.14. The van der Waals surface area contributed by atoms with Crippen LogP contribution in [0.4, 0.5) is 11.6 Å². The van der Waals surface area contributed by atoms with Gasteiger partial charge in [0.1, 0.15) is 17.5 Å². The van der Waals surface area contributed by atoms with Crippen molar-refractivity contribution in [2.24, 2.45) is 0 Å². The lowest BCUT2D eigenvalue weighted by atomic mass is 10.1. The molecule has 0 spiro atoms. The molecule has 1 aromatic carbocycles. The van der Waals surface area contributed by atoms with Gasteiger partial charge in [-0.15, -0.1) is 0 Å². The van der Waals surface area contributed by atoms with Crippen LogP contribution in [0.25, 0.3) is 0 Å². The van der Waals surface area contributed by atoms with Crippen LogP contribution in [0.5, 0.6) is 0 Å². The van der Waals surface area contributed by atoms with Gasteiger partial charge in [-0.2, -0.15) is 0 Å². The topological polar surface area (TPSA) is 49.8 Å². The number of aromatic nitrogens is 2. The number of hydrogen-bond donors (Lipinski definition) is 2. The Hall–Kier alpha value is -2.10. The maximum atomic E-state index is 4.44. The highest BCUT2D eigenvalue weighted by molar-refractivity contribution is 5.49. The third-order valence-corrected chi connectivity index (χ3v) is 2.94. The highest BCUT2D eigenvalue weighted by Gasteiger charge is 2.08. The van der Waals surface area contributed by atoms with Gasteiger partial charge in [-0.25, -0.2) is 9.97 Å². The summed E-state index contributed by atoms with van der Waals surface area (Å²) in [4.78, 5) is 8.84. The maximum Gasteiger partial charge on any atom is 0.132 e. The molecule has 106 valence electrons. The highest BCUT2D eigenvalue weighted by atomic mass is 15.1. The van der Waals surface area contributed by atoms with Gasteiger partial charge in [-0.1, -0.05) is 30.3 Å². The second-order valence-electron chi connectivity index (χ2n) is 5.26. The van der Waals surface area contributed by atoms with Gasteiger partial charge in [0, 0.05) is 18.2 Å². The summed E-state index contributed by atoms with van der Waals surface area (Å²) < 4.78 is 0. The van der Waals surface area contributed by atoms with E-state index in [1.54, 1.807) is 0 Å². The Morgan fingerprint density at radius 3 is 2.10 bits per heavy atom. The van der Waals surface area contributed by atoms with E-state index in [0.29, 0.717) is 6.04 Å². The molecular weight excluding hydrogens is 248 g/mol. The van der Waals surface area contributed by atoms with Crippen molar-refractivity contribution in [3.05, 3.63) is 47.8 Å². The maximum absolute atomic E-state index is 4.44. The second-order valence-corrected chi connectivity index (χ2v) is 5.26. The van der Waals surface area contributed by atoms with Crippen LogP contribution >= 0.6 is 0 Å². The monoisotopic (exact) mass is 270 g/mol. The third kappa shape index (κ3) is 3.95. The number of hydrogen-bond acceptors (Lipinski definition) is 4. The molecule has 20 heavy (non-hydrogen) atoms. The van der Waals surface area contributed by atoms with Crippen molar-refractivity contribution in [2.45, 2.75) is 39.8 Å². The van der Waals surface area contributed by atoms with Crippen molar-refractivity contribution in [1.82, 2.24) is 9.97 Å². The first-order valence-electron chi connectivity index (χ1n) is 6.98. The van der Waals surface area contributed by atoms with E-state index in [9.17, 15) is 0 Å². The molecule has 4 heteroatoms. The van der Waals surface area contributed by atoms with E-state index in [0.717, 1.165) is 17.5 Å². The van der Waals surface area contributed by atoms with E-state index in [1.165, 1.54) is 5.56 Å². The van der Waals surface area contributed by atoms with Crippen LogP contribution < -0.4 is 10.6 Å². The number of nitrogens with zero attached hydrogens (tertiary/aromatic N) is 2. The van der Waals surface area contributed by atoms with Crippen LogP contribution in [0.1, 0.15) is 38.2 Å². The van der Waals surface area contributed by atoms with E-state index in [2.05, 4.69) is 53.5 Å². The van der Waals surface area contributed by atoms with E-state index in [-0.39, 0.29) is 6.04 Å². The Morgan fingerprint density at radius 2 is 1.50 bits per heavy atom. The molecule has 2 aromatic rings. The van der Waals surface area contributed by atoms with Crippen molar-refractivity contribution >= 4 is 11.6 Å². The molecule has 0 amide bonds. The molecule has 0 aliphatic heterocycles. The molecular formula is C16H22N4. The normalized spacial score (nSPS) is 12.2. The SMILES string of the molecule is Cc1nc(NC(C)C)cc(NC(C)c2ccccc2)n1. The predicted octanol–water partition coefficient (Wildman–Crippen LogP) is 3.78. The van der Waals surface area contributed by atoms with Gasteiger partial charge >= 0.3 is 0 Å². The summed E-state index contributed by atoms with van der Waals surface area (Å²) in [6.07, 6.45) is 0. The lowest BCUT2D eigenvalue weighted by Gasteiger charge is -2.17. The van der Waals surface area contributed by atoms with Gasteiger partial charge < -0.3 is 10.6 Å². The van der Waals surface area contributed by atoms with Crippen LogP contribution in [-0.2, 0) is 0 Å². The van der Waals surface area contributed by atoms with E-state index < -0.39 is 0 Å². The van der Waals surface area contributed by atoms with Crippen molar-refractivity contribution in [3.8, 4) is 0 Å².